The van der Waals surface area contributed by atoms with Crippen LogP contribution in [0.2, 0.25) is 0 Å². The van der Waals surface area contributed by atoms with Crippen LogP contribution in [0.4, 0.5) is 0 Å². The number of fused-ring (bicyclic) bond motifs is 1. The molecular weight excluding hydrogens is 226 g/mol. The monoisotopic (exact) mass is 249 g/mol. The first-order valence-electron chi connectivity index (χ1n) is 6.58. The fraction of sp³-hybridized carbons (Fsp3) is 0.600. The molecule has 0 radical (unpaired) electrons. The van der Waals surface area contributed by atoms with E-state index in [0.717, 1.165) is 5.25 Å². The normalized spacial score (nSPS) is 22.5. The lowest BCUT2D eigenvalue weighted by molar-refractivity contribution is 0.308. The van der Waals surface area contributed by atoms with Gasteiger partial charge in [0.2, 0.25) is 0 Å². The highest BCUT2D eigenvalue weighted by atomic mass is 32.2. The Kier molecular flexibility index (Phi) is 4.16. The van der Waals surface area contributed by atoms with Gasteiger partial charge in [0.25, 0.3) is 0 Å². The zero-order valence-corrected chi connectivity index (χ0v) is 11.8. The van der Waals surface area contributed by atoms with Crippen LogP contribution in [0.25, 0.3) is 0 Å². The maximum atomic E-state index is 6.11. The molecule has 1 aromatic carbocycles. The first-order chi connectivity index (χ1) is 8.08. The Morgan fingerprint density at radius 2 is 2.00 bits per heavy atom. The predicted octanol–water partition coefficient (Wildman–Crippen LogP) is 3.71. The van der Waals surface area contributed by atoms with E-state index in [-0.39, 0.29) is 0 Å². The van der Waals surface area contributed by atoms with Gasteiger partial charge in [-0.3, -0.25) is 0 Å². The maximum absolute atomic E-state index is 6.11. The Balaban J connectivity index is 1.99. The number of nitrogens with two attached hydrogens (primary N) is 1. The van der Waals surface area contributed by atoms with Crippen molar-refractivity contribution in [2.45, 2.75) is 49.8 Å². The summed E-state index contributed by atoms with van der Waals surface area (Å²) in [7, 11) is 0. The summed E-state index contributed by atoms with van der Waals surface area (Å²) in [5.74, 6) is 1.32. The lowest BCUT2D eigenvalue weighted by Crippen LogP contribution is -2.32. The third-order valence-corrected chi connectivity index (χ3v) is 5.13. The van der Waals surface area contributed by atoms with Crippen LogP contribution in [-0.4, -0.2) is 11.3 Å². The van der Waals surface area contributed by atoms with Crippen molar-refractivity contribution in [1.82, 2.24) is 0 Å². The Morgan fingerprint density at radius 3 is 2.59 bits per heavy atom. The van der Waals surface area contributed by atoms with Crippen LogP contribution in [0.5, 0.6) is 0 Å². The highest BCUT2D eigenvalue weighted by Crippen LogP contribution is 2.40. The molecule has 0 saturated heterocycles. The van der Waals surface area contributed by atoms with Crippen molar-refractivity contribution < 1.29 is 0 Å². The Hall–Kier alpha value is -0.470. The number of hydrogen-bond donors (Lipinski definition) is 1. The molecule has 0 fully saturated rings. The van der Waals surface area contributed by atoms with E-state index in [1.54, 1.807) is 0 Å². The second kappa shape index (κ2) is 5.45. The largest absolute Gasteiger partial charge is 0.328 e. The molecule has 0 saturated carbocycles. The summed E-state index contributed by atoms with van der Waals surface area (Å²) in [6.07, 6.45) is 2.46. The molecular formula is C15H23NS. The van der Waals surface area contributed by atoms with E-state index >= 15 is 0 Å². The van der Waals surface area contributed by atoms with Crippen LogP contribution in [0.15, 0.2) is 29.2 Å². The molecule has 2 N–H and O–H groups in total. The summed E-state index contributed by atoms with van der Waals surface area (Å²) in [4.78, 5) is 1.48. The molecule has 1 aromatic rings. The van der Waals surface area contributed by atoms with Crippen LogP contribution >= 0.6 is 11.8 Å². The first kappa shape index (κ1) is 13.0. The third kappa shape index (κ3) is 3.05. The van der Waals surface area contributed by atoms with Gasteiger partial charge in [-0.25, -0.2) is 0 Å². The molecule has 17 heavy (non-hydrogen) atoms. The van der Waals surface area contributed by atoms with Gasteiger partial charge in [-0.2, -0.15) is 0 Å². The molecule has 0 aliphatic carbocycles. The summed E-state index contributed by atoms with van der Waals surface area (Å²) in [6, 6.07) is 9.10. The van der Waals surface area contributed by atoms with Crippen molar-refractivity contribution in [2.75, 3.05) is 0 Å². The maximum Gasteiger partial charge on any atom is 0.0139 e. The molecule has 94 valence electrons. The van der Waals surface area contributed by atoms with Gasteiger partial charge in [0, 0.05) is 16.2 Å². The molecule has 0 spiro atoms. The van der Waals surface area contributed by atoms with Gasteiger partial charge in [0.15, 0.2) is 0 Å². The van der Waals surface area contributed by atoms with Crippen LogP contribution in [-0.2, 0) is 6.42 Å². The van der Waals surface area contributed by atoms with E-state index in [1.165, 1.54) is 23.3 Å². The molecule has 0 bridgehead atoms. The Bertz CT molecular complexity index is 340. The lowest BCUT2D eigenvalue weighted by Gasteiger charge is -2.27. The second-order valence-corrected chi connectivity index (χ2v) is 6.90. The molecule has 3 unspecified atom stereocenters. The van der Waals surface area contributed by atoms with Crippen LogP contribution in [0, 0.1) is 11.8 Å². The summed E-state index contributed by atoms with van der Waals surface area (Å²) in [6.45, 7) is 6.74. The van der Waals surface area contributed by atoms with Gasteiger partial charge in [-0.15, -0.1) is 11.8 Å². The van der Waals surface area contributed by atoms with Crippen LogP contribution in [0.1, 0.15) is 32.8 Å². The number of rotatable bonds is 4. The number of hydrogen-bond acceptors (Lipinski definition) is 2. The van der Waals surface area contributed by atoms with Gasteiger partial charge < -0.3 is 5.73 Å². The van der Waals surface area contributed by atoms with Gasteiger partial charge in [-0.1, -0.05) is 32.0 Å². The SMILES string of the molecule is CC(C)C(CC1Cc2ccccc2S1)C(C)N. The third-order valence-electron chi connectivity index (χ3n) is 3.78. The molecule has 2 heteroatoms. The molecule has 1 nitrogen and oxygen atoms in total. The molecule has 0 amide bonds. The molecule has 1 heterocycles. The zero-order chi connectivity index (χ0) is 12.4. The van der Waals surface area contributed by atoms with Gasteiger partial charge in [0.05, 0.1) is 0 Å². The Morgan fingerprint density at radius 1 is 1.29 bits per heavy atom. The van der Waals surface area contributed by atoms with Crippen molar-refractivity contribution in [1.29, 1.82) is 0 Å². The van der Waals surface area contributed by atoms with Crippen molar-refractivity contribution in [3.63, 3.8) is 0 Å². The van der Waals surface area contributed by atoms with Crippen LogP contribution < -0.4 is 5.73 Å². The van der Waals surface area contributed by atoms with E-state index in [4.69, 9.17) is 5.73 Å². The summed E-state index contributed by atoms with van der Waals surface area (Å²) < 4.78 is 0. The predicted molar refractivity (Wildman–Crippen MR) is 76.4 cm³/mol. The van der Waals surface area contributed by atoms with E-state index < -0.39 is 0 Å². The van der Waals surface area contributed by atoms with E-state index in [1.807, 2.05) is 11.8 Å². The summed E-state index contributed by atoms with van der Waals surface area (Å²) in [5.41, 5.74) is 7.63. The summed E-state index contributed by atoms with van der Waals surface area (Å²) in [5, 5.41) is 0.728. The smallest absolute Gasteiger partial charge is 0.0139 e. The topological polar surface area (TPSA) is 26.0 Å². The molecule has 0 aromatic heterocycles. The number of benzene rings is 1. The molecule has 3 atom stereocenters. The minimum atomic E-state index is 0.305. The second-order valence-electron chi connectivity index (χ2n) is 5.55. The van der Waals surface area contributed by atoms with E-state index in [2.05, 4.69) is 45.0 Å². The average Bonchev–Trinajstić information content (AvgIpc) is 2.67. The lowest BCUT2D eigenvalue weighted by atomic mass is 9.85. The summed E-state index contributed by atoms with van der Waals surface area (Å²) >= 11 is 2.04. The van der Waals surface area contributed by atoms with Gasteiger partial charge in [-0.05, 0) is 43.2 Å². The highest BCUT2D eigenvalue weighted by molar-refractivity contribution is 8.00. The van der Waals surface area contributed by atoms with Crippen molar-refractivity contribution in [3.05, 3.63) is 29.8 Å². The average molecular weight is 249 g/mol. The number of thioether (sulfide) groups is 1. The zero-order valence-electron chi connectivity index (χ0n) is 11.0. The quantitative estimate of drug-likeness (QED) is 0.880. The van der Waals surface area contributed by atoms with Crippen LogP contribution in [0.3, 0.4) is 0 Å². The highest BCUT2D eigenvalue weighted by Gasteiger charge is 2.27. The fourth-order valence-electron chi connectivity index (χ4n) is 2.78. The standard InChI is InChI=1S/C15H23NS/c1-10(2)14(11(3)16)9-13-8-12-6-4-5-7-15(12)17-13/h4-7,10-11,13-14H,8-9,16H2,1-3H3. The van der Waals surface area contributed by atoms with Crippen molar-refractivity contribution in [2.24, 2.45) is 17.6 Å². The minimum Gasteiger partial charge on any atom is -0.328 e. The minimum absolute atomic E-state index is 0.305. The molecule has 2 rings (SSSR count). The van der Waals surface area contributed by atoms with E-state index in [0.29, 0.717) is 17.9 Å². The van der Waals surface area contributed by atoms with Gasteiger partial charge in [0.1, 0.15) is 0 Å². The Labute approximate surface area is 109 Å². The van der Waals surface area contributed by atoms with Crippen molar-refractivity contribution >= 4 is 11.8 Å². The van der Waals surface area contributed by atoms with E-state index in [9.17, 15) is 0 Å². The first-order valence-corrected chi connectivity index (χ1v) is 7.46. The van der Waals surface area contributed by atoms with Crippen molar-refractivity contribution in [3.8, 4) is 0 Å². The van der Waals surface area contributed by atoms with Gasteiger partial charge >= 0.3 is 0 Å². The molecule has 1 aliphatic rings. The fourth-order valence-corrected chi connectivity index (χ4v) is 4.18. The molecule has 1 aliphatic heterocycles.